The molecule has 0 amide bonds. The Morgan fingerprint density at radius 2 is 1.35 bits per heavy atom. The molecular formula is C12H18O4S. The Bertz CT molecular complexity index is 486. The summed E-state index contributed by atoms with van der Waals surface area (Å²) < 4.78 is 32.3. The van der Waals surface area contributed by atoms with Crippen LogP contribution in [0.3, 0.4) is 0 Å². The molecule has 0 radical (unpaired) electrons. The number of hydrogen-bond donors (Lipinski definition) is 2. The first-order valence-electron chi connectivity index (χ1n) is 5.49. The van der Waals surface area contributed by atoms with Crippen molar-refractivity contribution in [2.75, 3.05) is 0 Å². The van der Waals surface area contributed by atoms with Crippen LogP contribution < -0.4 is 0 Å². The van der Waals surface area contributed by atoms with Gasteiger partial charge >= 0.3 is 0 Å². The standard InChI is InChI=1S/C12H18O4S/c1-7(2)10-5-9(13)6-11(8(3)4)12(10)17(14,15)16/h5-8,13H,1-4H3,(H,14,15,16). The Morgan fingerprint density at radius 3 is 1.59 bits per heavy atom. The van der Waals surface area contributed by atoms with E-state index >= 15 is 0 Å². The zero-order chi connectivity index (χ0) is 13.4. The quantitative estimate of drug-likeness (QED) is 0.817. The maximum atomic E-state index is 11.5. The predicted molar refractivity (Wildman–Crippen MR) is 66.1 cm³/mol. The van der Waals surface area contributed by atoms with Crippen LogP contribution in [0.1, 0.15) is 50.7 Å². The van der Waals surface area contributed by atoms with Gasteiger partial charge in [0.05, 0.1) is 0 Å². The van der Waals surface area contributed by atoms with Gasteiger partial charge in [0.15, 0.2) is 0 Å². The maximum Gasteiger partial charge on any atom is 0.295 e. The fourth-order valence-electron chi connectivity index (χ4n) is 1.81. The van der Waals surface area contributed by atoms with Crippen LogP contribution in [0.2, 0.25) is 0 Å². The van der Waals surface area contributed by atoms with Gasteiger partial charge in [-0.15, -0.1) is 0 Å². The summed E-state index contributed by atoms with van der Waals surface area (Å²) in [5.41, 5.74) is 0.882. The molecule has 0 unspecified atom stereocenters. The third-order valence-electron chi connectivity index (χ3n) is 2.63. The molecule has 0 aromatic heterocycles. The van der Waals surface area contributed by atoms with Crippen molar-refractivity contribution in [3.05, 3.63) is 23.3 Å². The van der Waals surface area contributed by atoms with Crippen LogP contribution in [-0.2, 0) is 10.1 Å². The second-order valence-corrected chi connectivity index (χ2v) is 6.10. The van der Waals surface area contributed by atoms with E-state index in [1.165, 1.54) is 12.1 Å². The zero-order valence-electron chi connectivity index (χ0n) is 10.4. The first-order chi connectivity index (χ1) is 7.64. The van der Waals surface area contributed by atoms with Crippen molar-refractivity contribution in [3.8, 4) is 5.75 Å². The van der Waals surface area contributed by atoms with Crippen LogP contribution in [0.15, 0.2) is 17.0 Å². The third kappa shape index (κ3) is 2.98. The molecule has 0 aliphatic rings. The lowest BCUT2D eigenvalue weighted by Gasteiger charge is -2.17. The summed E-state index contributed by atoms with van der Waals surface area (Å²) in [5, 5.41) is 9.61. The Balaban J connectivity index is 3.72. The highest BCUT2D eigenvalue weighted by Crippen LogP contribution is 2.34. The number of phenols is 1. The fourth-order valence-corrected chi connectivity index (χ4v) is 3.00. The van der Waals surface area contributed by atoms with E-state index < -0.39 is 10.1 Å². The largest absolute Gasteiger partial charge is 0.508 e. The summed E-state index contributed by atoms with van der Waals surface area (Å²) in [7, 11) is -4.28. The second-order valence-electron chi connectivity index (χ2n) is 4.74. The van der Waals surface area contributed by atoms with E-state index in [0.29, 0.717) is 11.1 Å². The molecule has 0 atom stereocenters. The van der Waals surface area contributed by atoms with E-state index in [9.17, 15) is 18.1 Å². The lowest BCUT2D eigenvalue weighted by molar-refractivity contribution is 0.466. The summed E-state index contributed by atoms with van der Waals surface area (Å²) in [5.74, 6) is -0.183. The van der Waals surface area contributed by atoms with Crippen molar-refractivity contribution in [1.82, 2.24) is 0 Å². The number of benzene rings is 1. The smallest absolute Gasteiger partial charge is 0.295 e. The number of aromatic hydroxyl groups is 1. The van der Waals surface area contributed by atoms with Crippen molar-refractivity contribution >= 4 is 10.1 Å². The van der Waals surface area contributed by atoms with E-state index in [4.69, 9.17) is 0 Å². The van der Waals surface area contributed by atoms with E-state index in [-0.39, 0.29) is 22.5 Å². The van der Waals surface area contributed by atoms with Crippen molar-refractivity contribution in [2.24, 2.45) is 0 Å². The van der Waals surface area contributed by atoms with Gasteiger partial charge in [-0.05, 0) is 35.1 Å². The van der Waals surface area contributed by atoms with Crippen LogP contribution in [-0.4, -0.2) is 18.1 Å². The van der Waals surface area contributed by atoms with E-state index in [1.807, 2.05) is 27.7 Å². The molecule has 0 heterocycles. The van der Waals surface area contributed by atoms with Crippen molar-refractivity contribution in [2.45, 2.75) is 44.4 Å². The Hall–Kier alpha value is -1.07. The van der Waals surface area contributed by atoms with Crippen molar-refractivity contribution in [1.29, 1.82) is 0 Å². The highest BCUT2D eigenvalue weighted by Gasteiger charge is 2.24. The average molecular weight is 258 g/mol. The summed E-state index contributed by atoms with van der Waals surface area (Å²) in [6.45, 7) is 7.25. The number of phenolic OH excluding ortho intramolecular Hbond substituents is 1. The normalized spacial score (nSPS) is 12.4. The first kappa shape index (κ1) is 14.0. The maximum absolute atomic E-state index is 11.5. The molecule has 5 heteroatoms. The molecule has 96 valence electrons. The topological polar surface area (TPSA) is 74.6 Å². The lowest BCUT2D eigenvalue weighted by Crippen LogP contribution is -2.09. The SMILES string of the molecule is CC(C)c1cc(O)cc(C(C)C)c1S(=O)(=O)O. The molecular weight excluding hydrogens is 240 g/mol. The molecule has 0 bridgehead atoms. The van der Waals surface area contributed by atoms with Gasteiger partial charge in [-0.1, -0.05) is 27.7 Å². The van der Waals surface area contributed by atoms with Crippen LogP contribution >= 0.6 is 0 Å². The second kappa shape index (κ2) is 4.66. The third-order valence-corrected chi connectivity index (χ3v) is 3.62. The van der Waals surface area contributed by atoms with Gasteiger partial charge in [-0.3, -0.25) is 4.55 Å². The molecule has 0 aliphatic heterocycles. The average Bonchev–Trinajstić information content (AvgIpc) is 2.14. The van der Waals surface area contributed by atoms with Crippen molar-refractivity contribution in [3.63, 3.8) is 0 Å². The summed E-state index contributed by atoms with van der Waals surface area (Å²) in [6.07, 6.45) is 0. The molecule has 1 aromatic rings. The van der Waals surface area contributed by atoms with Gasteiger partial charge in [0, 0.05) is 0 Å². The molecule has 0 saturated carbocycles. The molecule has 4 nitrogen and oxygen atoms in total. The van der Waals surface area contributed by atoms with Gasteiger partial charge in [-0.2, -0.15) is 8.42 Å². The van der Waals surface area contributed by atoms with Gasteiger partial charge < -0.3 is 5.11 Å². The van der Waals surface area contributed by atoms with E-state index in [0.717, 1.165) is 0 Å². The van der Waals surface area contributed by atoms with Crippen LogP contribution in [0.4, 0.5) is 0 Å². The molecule has 1 aromatic carbocycles. The molecule has 0 spiro atoms. The van der Waals surface area contributed by atoms with Crippen LogP contribution in [0.5, 0.6) is 5.75 Å². The molecule has 0 saturated heterocycles. The minimum atomic E-state index is -4.28. The molecule has 1 rings (SSSR count). The Kier molecular flexibility index (Phi) is 3.84. The van der Waals surface area contributed by atoms with Crippen molar-refractivity contribution < 1.29 is 18.1 Å². The summed E-state index contributed by atoms with van der Waals surface area (Å²) >= 11 is 0. The highest BCUT2D eigenvalue weighted by atomic mass is 32.2. The number of rotatable bonds is 3. The fraction of sp³-hybridized carbons (Fsp3) is 0.500. The van der Waals surface area contributed by atoms with Gasteiger partial charge in [0.1, 0.15) is 10.6 Å². The monoisotopic (exact) mass is 258 g/mol. The van der Waals surface area contributed by atoms with E-state index in [2.05, 4.69) is 0 Å². The molecule has 17 heavy (non-hydrogen) atoms. The van der Waals surface area contributed by atoms with Gasteiger partial charge in [-0.25, -0.2) is 0 Å². The highest BCUT2D eigenvalue weighted by molar-refractivity contribution is 7.86. The number of hydrogen-bond acceptors (Lipinski definition) is 3. The van der Waals surface area contributed by atoms with Gasteiger partial charge in [0.25, 0.3) is 10.1 Å². The van der Waals surface area contributed by atoms with Crippen LogP contribution in [0, 0.1) is 0 Å². The first-order valence-corrected chi connectivity index (χ1v) is 6.93. The van der Waals surface area contributed by atoms with Crippen LogP contribution in [0.25, 0.3) is 0 Å². The predicted octanol–water partition coefficient (Wildman–Crippen LogP) is 2.89. The summed E-state index contributed by atoms with van der Waals surface area (Å²) in [4.78, 5) is -0.0692. The van der Waals surface area contributed by atoms with Gasteiger partial charge in [0.2, 0.25) is 0 Å². The van der Waals surface area contributed by atoms with E-state index in [1.54, 1.807) is 0 Å². The molecule has 0 aliphatic carbocycles. The molecule has 2 N–H and O–H groups in total. The Morgan fingerprint density at radius 1 is 1.00 bits per heavy atom. The molecule has 0 fully saturated rings. The minimum Gasteiger partial charge on any atom is -0.508 e. The Labute approximate surface area is 102 Å². The zero-order valence-corrected chi connectivity index (χ0v) is 11.2. The minimum absolute atomic E-state index is 0.0183. The lowest BCUT2D eigenvalue weighted by atomic mass is 9.95. The summed E-state index contributed by atoms with van der Waals surface area (Å²) in [6, 6.07) is 2.78.